The van der Waals surface area contributed by atoms with E-state index >= 15 is 0 Å². The molecular formula is C13H12BrClN4O. The van der Waals surface area contributed by atoms with Gasteiger partial charge >= 0.3 is 0 Å². The molecule has 1 N–H and O–H groups in total. The highest BCUT2D eigenvalue weighted by atomic mass is 79.9. The molecule has 1 aromatic heterocycles. The van der Waals surface area contributed by atoms with Gasteiger partial charge in [0.15, 0.2) is 0 Å². The smallest absolute Gasteiger partial charge is 0.266 e. The van der Waals surface area contributed by atoms with E-state index in [2.05, 4.69) is 31.6 Å². The van der Waals surface area contributed by atoms with Crippen molar-refractivity contribution >= 4 is 39.1 Å². The van der Waals surface area contributed by atoms with Crippen molar-refractivity contribution in [1.29, 1.82) is 0 Å². The predicted octanol–water partition coefficient (Wildman–Crippen LogP) is 2.99. The van der Waals surface area contributed by atoms with E-state index in [1.165, 1.54) is 4.68 Å². The van der Waals surface area contributed by atoms with Gasteiger partial charge in [-0.05, 0) is 40.5 Å². The van der Waals surface area contributed by atoms with Gasteiger partial charge in [0, 0.05) is 12.1 Å². The Kier molecular flexibility index (Phi) is 4.57. The van der Waals surface area contributed by atoms with Crippen LogP contribution in [-0.4, -0.2) is 21.4 Å². The number of hydrazone groups is 1. The highest BCUT2D eigenvalue weighted by Gasteiger charge is 2.14. The lowest BCUT2D eigenvalue weighted by Crippen LogP contribution is -2.22. The highest BCUT2D eigenvalue weighted by molar-refractivity contribution is 9.10. The van der Waals surface area contributed by atoms with Gasteiger partial charge in [-0.15, -0.1) is 0 Å². The first-order valence-electron chi connectivity index (χ1n) is 5.77. The molecule has 2 aromatic rings. The van der Waals surface area contributed by atoms with Gasteiger partial charge in [0.2, 0.25) is 0 Å². The standard InChI is InChI=1S/C13H12BrClN4O/c1-8(9-3-5-10(15)6-4-9)17-18-13(20)12-11(14)7-16-19(12)2/h3-7H,1-2H3,(H,18,20)/b17-8+. The third kappa shape index (κ3) is 3.26. The molecule has 0 atom stereocenters. The fourth-order valence-corrected chi connectivity index (χ4v) is 2.26. The van der Waals surface area contributed by atoms with Crippen LogP contribution >= 0.6 is 27.5 Å². The maximum absolute atomic E-state index is 12.0. The molecule has 20 heavy (non-hydrogen) atoms. The van der Waals surface area contributed by atoms with Crippen molar-refractivity contribution in [2.45, 2.75) is 6.92 Å². The molecule has 0 saturated heterocycles. The van der Waals surface area contributed by atoms with E-state index in [1.54, 1.807) is 25.4 Å². The van der Waals surface area contributed by atoms with Gasteiger partial charge in [0.1, 0.15) is 5.69 Å². The number of carbonyl (C=O) groups is 1. The molecule has 104 valence electrons. The largest absolute Gasteiger partial charge is 0.290 e. The van der Waals surface area contributed by atoms with Crippen LogP contribution in [0.2, 0.25) is 5.02 Å². The van der Waals surface area contributed by atoms with Crippen molar-refractivity contribution in [3.05, 3.63) is 51.2 Å². The normalized spacial score (nSPS) is 11.5. The Morgan fingerprint density at radius 2 is 2.05 bits per heavy atom. The van der Waals surface area contributed by atoms with Crippen LogP contribution in [0.1, 0.15) is 23.0 Å². The summed E-state index contributed by atoms with van der Waals surface area (Å²) >= 11 is 9.09. The number of hydrogen-bond donors (Lipinski definition) is 1. The number of carbonyl (C=O) groups excluding carboxylic acids is 1. The molecule has 1 aromatic carbocycles. The first-order chi connectivity index (χ1) is 9.49. The summed E-state index contributed by atoms with van der Waals surface area (Å²) in [7, 11) is 1.69. The Bertz CT molecular complexity index is 644. The van der Waals surface area contributed by atoms with Gasteiger partial charge in [-0.25, -0.2) is 5.43 Å². The van der Waals surface area contributed by atoms with Crippen LogP contribution in [0.5, 0.6) is 0 Å². The number of aryl methyl sites for hydroxylation is 1. The van der Waals surface area contributed by atoms with Crippen LogP contribution in [0.4, 0.5) is 0 Å². The van der Waals surface area contributed by atoms with Crippen molar-refractivity contribution in [2.75, 3.05) is 0 Å². The molecule has 0 fully saturated rings. The molecule has 1 heterocycles. The second-order valence-electron chi connectivity index (χ2n) is 4.11. The fraction of sp³-hybridized carbons (Fsp3) is 0.154. The predicted molar refractivity (Wildman–Crippen MR) is 82.0 cm³/mol. The molecule has 0 unspecified atom stereocenters. The summed E-state index contributed by atoms with van der Waals surface area (Å²) in [5, 5.41) is 8.71. The average molecular weight is 356 g/mol. The zero-order chi connectivity index (χ0) is 14.7. The minimum atomic E-state index is -0.329. The molecule has 0 saturated carbocycles. The summed E-state index contributed by atoms with van der Waals surface area (Å²) in [5.41, 5.74) is 4.50. The van der Waals surface area contributed by atoms with Gasteiger partial charge in [-0.2, -0.15) is 10.2 Å². The molecule has 0 radical (unpaired) electrons. The first kappa shape index (κ1) is 14.7. The molecule has 7 heteroatoms. The van der Waals surface area contributed by atoms with E-state index in [9.17, 15) is 4.79 Å². The topological polar surface area (TPSA) is 59.3 Å². The minimum absolute atomic E-state index is 0.329. The average Bonchev–Trinajstić information content (AvgIpc) is 2.76. The molecule has 2 rings (SSSR count). The number of rotatable bonds is 3. The molecule has 1 amide bonds. The van der Waals surface area contributed by atoms with Gasteiger partial charge in [-0.3, -0.25) is 9.48 Å². The van der Waals surface area contributed by atoms with E-state index in [4.69, 9.17) is 11.6 Å². The summed E-state index contributed by atoms with van der Waals surface area (Å²) in [6.07, 6.45) is 1.56. The first-order valence-corrected chi connectivity index (χ1v) is 6.94. The minimum Gasteiger partial charge on any atom is -0.266 e. The van der Waals surface area contributed by atoms with Crippen LogP contribution in [0.15, 0.2) is 40.0 Å². The van der Waals surface area contributed by atoms with Gasteiger partial charge < -0.3 is 0 Å². The van der Waals surface area contributed by atoms with Crippen molar-refractivity contribution in [2.24, 2.45) is 12.1 Å². The fourth-order valence-electron chi connectivity index (χ4n) is 1.61. The van der Waals surface area contributed by atoms with Crippen molar-refractivity contribution in [3.63, 3.8) is 0 Å². The van der Waals surface area contributed by atoms with E-state index in [1.807, 2.05) is 19.1 Å². The highest BCUT2D eigenvalue weighted by Crippen LogP contribution is 2.14. The lowest BCUT2D eigenvalue weighted by molar-refractivity contribution is 0.0944. The summed E-state index contributed by atoms with van der Waals surface area (Å²) in [6.45, 7) is 1.81. The van der Waals surface area contributed by atoms with Gasteiger partial charge in [0.25, 0.3) is 5.91 Å². The Balaban J connectivity index is 2.13. The number of halogens is 2. The number of amides is 1. The SMILES string of the molecule is C/C(=N\NC(=O)c1c(Br)cnn1C)c1ccc(Cl)cc1. The number of nitrogens with one attached hydrogen (secondary N) is 1. The van der Waals surface area contributed by atoms with E-state index in [-0.39, 0.29) is 5.91 Å². The molecule has 0 spiro atoms. The summed E-state index contributed by atoms with van der Waals surface area (Å²) in [4.78, 5) is 12.0. The maximum atomic E-state index is 12.0. The van der Waals surface area contributed by atoms with Gasteiger partial charge in [-0.1, -0.05) is 23.7 Å². The number of hydrogen-bond acceptors (Lipinski definition) is 3. The van der Waals surface area contributed by atoms with Crippen LogP contribution in [-0.2, 0) is 7.05 Å². The Morgan fingerprint density at radius 1 is 1.40 bits per heavy atom. The quantitative estimate of drug-likeness (QED) is 0.679. The monoisotopic (exact) mass is 354 g/mol. The second-order valence-corrected chi connectivity index (χ2v) is 5.40. The third-order valence-corrected chi connectivity index (χ3v) is 3.53. The Hall–Kier alpha value is -1.66. The number of benzene rings is 1. The lowest BCUT2D eigenvalue weighted by Gasteiger charge is -2.04. The zero-order valence-electron chi connectivity index (χ0n) is 10.9. The van der Waals surface area contributed by atoms with Crippen LogP contribution in [0.25, 0.3) is 0 Å². The molecule has 0 aliphatic rings. The van der Waals surface area contributed by atoms with E-state index in [0.29, 0.717) is 20.9 Å². The molecule has 0 aliphatic heterocycles. The lowest BCUT2D eigenvalue weighted by atomic mass is 10.1. The number of aromatic nitrogens is 2. The summed E-state index contributed by atoms with van der Waals surface area (Å²) in [6, 6.07) is 7.23. The molecule has 5 nitrogen and oxygen atoms in total. The van der Waals surface area contributed by atoms with Crippen LogP contribution in [0.3, 0.4) is 0 Å². The second kappa shape index (κ2) is 6.19. The Labute approximate surface area is 129 Å². The van der Waals surface area contributed by atoms with Crippen molar-refractivity contribution in [1.82, 2.24) is 15.2 Å². The third-order valence-electron chi connectivity index (χ3n) is 2.70. The Morgan fingerprint density at radius 3 is 2.60 bits per heavy atom. The summed E-state index contributed by atoms with van der Waals surface area (Å²) in [5.74, 6) is -0.329. The molecule has 0 aliphatic carbocycles. The van der Waals surface area contributed by atoms with E-state index < -0.39 is 0 Å². The maximum Gasteiger partial charge on any atom is 0.290 e. The van der Waals surface area contributed by atoms with Crippen LogP contribution in [0, 0.1) is 0 Å². The number of nitrogens with zero attached hydrogens (tertiary/aromatic N) is 3. The summed E-state index contributed by atoms with van der Waals surface area (Å²) < 4.78 is 2.10. The van der Waals surface area contributed by atoms with Crippen LogP contribution < -0.4 is 5.43 Å². The zero-order valence-corrected chi connectivity index (χ0v) is 13.2. The molecule has 0 bridgehead atoms. The van der Waals surface area contributed by atoms with Gasteiger partial charge in [0.05, 0.1) is 16.4 Å². The van der Waals surface area contributed by atoms with Crippen molar-refractivity contribution < 1.29 is 4.79 Å². The molecular weight excluding hydrogens is 344 g/mol. The van der Waals surface area contributed by atoms with E-state index in [0.717, 1.165) is 5.56 Å². The van der Waals surface area contributed by atoms with Crippen molar-refractivity contribution in [3.8, 4) is 0 Å².